The zero-order valence-electron chi connectivity index (χ0n) is 19.4. The number of carbonyl (C=O) groups is 2. The highest BCUT2D eigenvalue weighted by Crippen LogP contribution is 2.48. The summed E-state index contributed by atoms with van der Waals surface area (Å²) in [6.07, 6.45) is -11.4. The number of hydrogen-bond donors (Lipinski definition) is 2. The summed E-state index contributed by atoms with van der Waals surface area (Å²) in [6, 6.07) is 11.0. The third-order valence-corrected chi connectivity index (χ3v) is 5.86. The van der Waals surface area contributed by atoms with Crippen LogP contribution in [0.5, 0.6) is 5.75 Å². The summed E-state index contributed by atoms with van der Waals surface area (Å²) in [5.74, 6) is -1.91. The van der Waals surface area contributed by atoms with Crippen LogP contribution < -0.4 is 15.4 Å². The molecule has 2 aromatic rings. The quantitative estimate of drug-likeness (QED) is 0.304. The Morgan fingerprint density at radius 2 is 1.64 bits per heavy atom. The number of ether oxygens (including phenoxy) is 1. The maximum Gasteiger partial charge on any atom is 0.416 e. The normalized spacial score (nSPS) is 18.6. The Kier molecular flexibility index (Phi) is 7.70. The van der Waals surface area contributed by atoms with E-state index in [4.69, 9.17) is 4.74 Å². The summed E-state index contributed by atoms with van der Waals surface area (Å²) < 4.78 is 85.9. The molecule has 36 heavy (non-hydrogen) atoms. The van der Waals surface area contributed by atoms with Gasteiger partial charge in [0.15, 0.2) is 5.54 Å². The minimum absolute atomic E-state index is 0.0668. The third-order valence-electron chi connectivity index (χ3n) is 5.86. The summed E-state index contributed by atoms with van der Waals surface area (Å²) in [5.41, 5.74) is -2.50. The maximum absolute atomic E-state index is 14.6. The molecule has 2 aromatic carbocycles. The molecule has 3 rings (SSSR count). The number of rotatable bonds is 7. The van der Waals surface area contributed by atoms with Crippen molar-refractivity contribution in [3.05, 3.63) is 70.8 Å². The second kappa shape index (κ2) is 10.2. The molecule has 0 saturated carbocycles. The summed E-state index contributed by atoms with van der Waals surface area (Å²) >= 11 is 0. The van der Waals surface area contributed by atoms with Gasteiger partial charge in [-0.3, -0.25) is 9.59 Å². The van der Waals surface area contributed by atoms with E-state index in [-0.39, 0.29) is 29.9 Å². The molecule has 5 nitrogen and oxygen atoms in total. The third kappa shape index (κ3) is 5.83. The molecule has 194 valence electrons. The zero-order chi connectivity index (χ0) is 26.7. The largest absolute Gasteiger partial charge is 0.494 e. The number of carbonyl (C=O) groups excluding carboxylic acids is 2. The molecule has 0 radical (unpaired) electrons. The lowest BCUT2D eigenvalue weighted by Crippen LogP contribution is -2.59. The molecular weight excluding hydrogens is 490 g/mol. The van der Waals surface area contributed by atoms with Crippen LogP contribution in [0.1, 0.15) is 36.0 Å². The van der Waals surface area contributed by atoms with E-state index < -0.39 is 48.1 Å². The highest BCUT2D eigenvalue weighted by atomic mass is 19.4. The van der Waals surface area contributed by atoms with Gasteiger partial charge in [0.05, 0.1) is 6.61 Å². The number of likely N-dealkylation sites (N-methyl/N-ethyl adjacent to an activating group) is 1. The van der Waals surface area contributed by atoms with Gasteiger partial charge in [0.25, 0.3) is 11.8 Å². The predicted molar refractivity (Wildman–Crippen MR) is 120 cm³/mol. The minimum atomic E-state index is -4.96. The average Bonchev–Trinajstić information content (AvgIpc) is 2.80. The van der Waals surface area contributed by atoms with E-state index in [9.17, 15) is 35.9 Å². The van der Waals surface area contributed by atoms with E-state index in [0.29, 0.717) is 5.56 Å². The first-order valence-electron chi connectivity index (χ1n) is 11.0. The fourth-order valence-corrected chi connectivity index (χ4v) is 3.96. The van der Waals surface area contributed by atoms with Crippen LogP contribution >= 0.6 is 0 Å². The Labute approximate surface area is 203 Å². The molecule has 1 unspecified atom stereocenters. The van der Waals surface area contributed by atoms with Gasteiger partial charge < -0.3 is 15.4 Å². The SMILES string of the molecule is CNC(=O)C1=C(c2ccc(C)cc2)CC(c2ccc(OCCCC(F)(F)F)cc2)(C(F)(F)F)NC1=O. The molecule has 0 saturated heterocycles. The van der Waals surface area contributed by atoms with Crippen LogP contribution in [0.4, 0.5) is 26.3 Å². The van der Waals surface area contributed by atoms with Crippen LogP contribution in [-0.4, -0.2) is 37.8 Å². The van der Waals surface area contributed by atoms with Gasteiger partial charge in [0, 0.05) is 19.9 Å². The van der Waals surface area contributed by atoms with Gasteiger partial charge >= 0.3 is 12.4 Å². The molecule has 0 fully saturated rings. The molecule has 0 aliphatic carbocycles. The number of alkyl halides is 6. The lowest BCUT2D eigenvalue weighted by atomic mass is 9.76. The number of halogens is 6. The maximum atomic E-state index is 14.6. The predicted octanol–water partition coefficient (Wildman–Crippen LogP) is 5.19. The van der Waals surface area contributed by atoms with Crippen LogP contribution in [0.15, 0.2) is 54.1 Å². The molecule has 1 atom stereocenters. The first-order valence-corrected chi connectivity index (χ1v) is 11.0. The fraction of sp³-hybridized carbons (Fsp3) is 0.360. The molecule has 11 heteroatoms. The number of amides is 2. The first kappa shape index (κ1) is 27.1. The highest BCUT2D eigenvalue weighted by molar-refractivity contribution is 6.24. The van der Waals surface area contributed by atoms with Crippen molar-refractivity contribution < 1.29 is 40.7 Å². The smallest absolute Gasteiger partial charge is 0.416 e. The summed E-state index contributed by atoms with van der Waals surface area (Å²) in [6.45, 7) is 1.52. The van der Waals surface area contributed by atoms with Crippen molar-refractivity contribution in [2.75, 3.05) is 13.7 Å². The van der Waals surface area contributed by atoms with E-state index in [1.165, 1.54) is 19.2 Å². The lowest BCUT2D eigenvalue weighted by molar-refractivity contribution is -0.201. The first-order chi connectivity index (χ1) is 16.8. The highest BCUT2D eigenvalue weighted by Gasteiger charge is 2.60. The number of benzene rings is 2. The molecule has 2 N–H and O–H groups in total. The van der Waals surface area contributed by atoms with Crippen LogP contribution in [0.2, 0.25) is 0 Å². The molecule has 0 spiro atoms. The standard InChI is InChI=1S/C25H24F6N2O3/c1-15-4-6-16(7-5-15)19-14-23(25(29,30)31,33-22(35)20(19)21(34)32-2)17-8-10-18(11-9-17)36-13-3-12-24(26,27)28/h4-11H,3,12-14H2,1-2H3,(H,32,34)(H,33,35). The Hall–Kier alpha value is -3.50. The van der Waals surface area contributed by atoms with Crippen molar-refractivity contribution in [3.8, 4) is 5.75 Å². The van der Waals surface area contributed by atoms with Gasteiger partial charge in [-0.15, -0.1) is 0 Å². The van der Waals surface area contributed by atoms with Crippen LogP contribution in [-0.2, 0) is 15.1 Å². The molecule has 1 aliphatic rings. The fourth-order valence-electron chi connectivity index (χ4n) is 3.96. The van der Waals surface area contributed by atoms with E-state index in [0.717, 1.165) is 17.7 Å². The van der Waals surface area contributed by atoms with E-state index in [1.807, 2.05) is 5.32 Å². The molecule has 0 bridgehead atoms. The molecule has 0 aromatic heterocycles. The van der Waals surface area contributed by atoms with E-state index in [1.54, 1.807) is 31.2 Å². The molecule has 2 amide bonds. The van der Waals surface area contributed by atoms with Crippen molar-refractivity contribution in [2.24, 2.45) is 0 Å². The number of nitrogens with one attached hydrogen (secondary N) is 2. The van der Waals surface area contributed by atoms with Crippen molar-refractivity contribution >= 4 is 17.4 Å². The van der Waals surface area contributed by atoms with E-state index >= 15 is 0 Å². The summed E-state index contributed by atoms with van der Waals surface area (Å²) in [7, 11) is 1.27. The second-order valence-electron chi connectivity index (χ2n) is 8.42. The Morgan fingerprint density at radius 3 is 2.17 bits per heavy atom. The number of aryl methyl sites for hydroxylation is 1. The minimum Gasteiger partial charge on any atom is -0.494 e. The Balaban J connectivity index is 1.99. The molecule has 1 aliphatic heterocycles. The van der Waals surface area contributed by atoms with Gasteiger partial charge in [0.1, 0.15) is 11.3 Å². The molecular formula is C25H24F6N2O3. The van der Waals surface area contributed by atoms with Crippen LogP contribution in [0.3, 0.4) is 0 Å². The van der Waals surface area contributed by atoms with Crippen LogP contribution in [0, 0.1) is 6.92 Å². The second-order valence-corrected chi connectivity index (χ2v) is 8.42. The van der Waals surface area contributed by atoms with Gasteiger partial charge in [-0.1, -0.05) is 42.0 Å². The van der Waals surface area contributed by atoms with Crippen molar-refractivity contribution in [2.45, 2.75) is 44.1 Å². The zero-order valence-corrected chi connectivity index (χ0v) is 19.4. The topological polar surface area (TPSA) is 67.4 Å². The Bertz CT molecular complexity index is 1140. The van der Waals surface area contributed by atoms with Crippen molar-refractivity contribution in [3.63, 3.8) is 0 Å². The van der Waals surface area contributed by atoms with Gasteiger partial charge in [-0.25, -0.2) is 0 Å². The summed E-state index contributed by atoms with van der Waals surface area (Å²) in [5, 5.41) is 4.30. The van der Waals surface area contributed by atoms with Crippen molar-refractivity contribution in [1.82, 2.24) is 10.6 Å². The average molecular weight is 514 g/mol. The lowest BCUT2D eigenvalue weighted by Gasteiger charge is -2.41. The summed E-state index contributed by atoms with van der Waals surface area (Å²) in [4.78, 5) is 25.4. The monoisotopic (exact) mass is 514 g/mol. The Morgan fingerprint density at radius 1 is 1.03 bits per heavy atom. The van der Waals surface area contributed by atoms with Crippen molar-refractivity contribution in [1.29, 1.82) is 0 Å². The number of hydrogen-bond acceptors (Lipinski definition) is 3. The van der Waals surface area contributed by atoms with Gasteiger partial charge in [0.2, 0.25) is 0 Å². The van der Waals surface area contributed by atoms with E-state index in [2.05, 4.69) is 5.32 Å². The van der Waals surface area contributed by atoms with Crippen LogP contribution in [0.25, 0.3) is 5.57 Å². The van der Waals surface area contributed by atoms with Gasteiger partial charge in [-0.2, -0.15) is 26.3 Å². The van der Waals surface area contributed by atoms with Gasteiger partial charge in [-0.05, 0) is 42.2 Å². The molecule has 1 heterocycles.